The number of piperazine rings is 1. The number of benzene rings is 1. The second kappa shape index (κ2) is 9.46. The third-order valence-electron chi connectivity index (χ3n) is 5.44. The summed E-state index contributed by atoms with van der Waals surface area (Å²) in [6.07, 6.45) is -4.57. The zero-order valence-electron chi connectivity index (χ0n) is 17.6. The summed E-state index contributed by atoms with van der Waals surface area (Å²) in [6.45, 7) is 6.58. The molecule has 0 amide bonds. The molecule has 0 saturated carbocycles. The van der Waals surface area contributed by atoms with E-state index >= 15 is 0 Å². The van der Waals surface area contributed by atoms with Crippen molar-refractivity contribution in [1.82, 2.24) is 9.88 Å². The molecule has 32 heavy (non-hydrogen) atoms. The number of nitriles is 1. The maximum absolute atomic E-state index is 13.3. The number of halogens is 3. The Bertz CT molecular complexity index is 1020. The molecule has 0 atom stereocenters. The smallest absolute Gasteiger partial charge is 0.417 e. The molecule has 1 fully saturated rings. The molecule has 1 aromatic carbocycles. The predicted molar refractivity (Wildman–Crippen MR) is 116 cm³/mol. The number of thioether (sulfide) groups is 1. The van der Waals surface area contributed by atoms with Gasteiger partial charge >= 0.3 is 6.18 Å². The van der Waals surface area contributed by atoms with Gasteiger partial charge in [-0.1, -0.05) is 6.07 Å². The van der Waals surface area contributed by atoms with Gasteiger partial charge in [0.15, 0.2) is 11.5 Å². The number of anilines is 1. The first-order chi connectivity index (χ1) is 15.4. The van der Waals surface area contributed by atoms with E-state index in [4.69, 9.17) is 9.47 Å². The van der Waals surface area contributed by atoms with Gasteiger partial charge in [0, 0.05) is 44.2 Å². The van der Waals surface area contributed by atoms with Gasteiger partial charge in [-0.2, -0.15) is 18.4 Å². The molecule has 4 rings (SSSR count). The lowest BCUT2D eigenvalue weighted by atomic mass is 10.1. The first-order valence-corrected chi connectivity index (χ1v) is 11.3. The molecule has 0 unspecified atom stereocenters. The maximum atomic E-state index is 13.3. The minimum atomic E-state index is -4.57. The Morgan fingerprint density at radius 1 is 1.16 bits per heavy atom. The van der Waals surface area contributed by atoms with Crippen LogP contribution in [0.2, 0.25) is 0 Å². The highest BCUT2D eigenvalue weighted by molar-refractivity contribution is 7.99. The summed E-state index contributed by atoms with van der Waals surface area (Å²) in [5, 5.41) is 9.43. The molecule has 1 aromatic heterocycles. The lowest BCUT2D eigenvalue weighted by Crippen LogP contribution is -2.47. The molecule has 2 aliphatic heterocycles. The minimum Gasteiger partial charge on any atom is -0.486 e. The molecule has 170 valence electrons. The average Bonchev–Trinajstić information content (AvgIpc) is 2.78. The first kappa shape index (κ1) is 22.6. The Labute approximate surface area is 188 Å². The van der Waals surface area contributed by atoms with Gasteiger partial charge in [-0.05, 0) is 25.1 Å². The second-order valence-corrected chi connectivity index (χ2v) is 8.66. The molecule has 0 radical (unpaired) electrons. The van der Waals surface area contributed by atoms with Crippen LogP contribution < -0.4 is 14.4 Å². The minimum absolute atomic E-state index is 0.145. The highest BCUT2D eigenvalue weighted by Gasteiger charge is 2.35. The molecule has 2 aliphatic rings. The molecule has 0 bridgehead atoms. The number of aromatic nitrogens is 1. The van der Waals surface area contributed by atoms with Crippen LogP contribution in [0.1, 0.15) is 16.8 Å². The first-order valence-electron chi connectivity index (χ1n) is 10.3. The van der Waals surface area contributed by atoms with Crippen molar-refractivity contribution in [3.05, 3.63) is 41.1 Å². The van der Waals surface area contributed by atoms with Crippen LogP contribution in [-0.4, -0.2) is 61.6 Å². The summed E-state index contributed by atoms with van der Waals surface area (Å²) < 4.78 is 51.3. The van der Waals surface area contributed by atoms with Gasteiger partial charge in [0.25, 0.3) is 0 Å². The molecule has 3 heterocycles. The lowest BCUT2D eigenvalue weighted by molar-refractivity contribution is -0.138. The van der Waals surface area contributed by atoms with Gasteiger partial charge < -0.3 is 14.4 Å². The van der Waals surface area contributed by atoms with E-state index in [0.29, 0.717) is 25.5 Å². The fourth-order valence-electron chi connectivity index (χ4n) is 3.87. The van der Waals surface area contributed by atoms with Gasteiger partial charge in [-0.15, -0.1) is 11.8 Å². The number of nitrogens with zero attached hydrogens (tertiary/aromatic N) is 4. The van der Waals surface area contributed by atoms with Crippen molar-refractivity contribution in [3.8, 4) is 17.6 Å². The van der Waals surface area contributed by atoms with E-state index in [-0.39, 0.29) is 10.7 Å². The highest BCUT2D eigenvalue weighted by Crippen LogP contribution is 2.40. The maximum Gasteiger partial charge on any atom is 0.417 e. The zero-order valence-corrected chi connectivity index (χ0v) is 18.4. The largest absolute Gasteiger partial charge is 0.486 e. The SMILES string of the molecule is Cc1cc(C(F)(F)F)c(C#N)c(SCCN2CCN(c3cccc4c3OCCO4)CC2)n1. The summed E-state index contributed by atoms with van der Waals surface area (Å²) in [5.41, 5.74) is -0.0293. The van der Waals surface area contributed by atoms with E-state index in [2.05, 4.69) is 14.8 Å². The van der Waals surface area contributed by atoms with Crippen molar-refractivity contribution in [2.45, 2.75) is 18.1 Å². The van der Waals surface area contributed by atoms with Crippen LogP contribution in [0.25, 0.3) is 0 Å². The monoisotopic (exact) mass is 464 g/mol. The van der Waals surface area contributed by atoms with Crippen molar-refractivity contribution in [1.29, 1.82) is 5.26 Å². The molecular weight excluding hydrogens is 441 g/mol. The molecule has 0 N–H and O–H groups in total. The van der Waals surface area contributed by atoms with Gasteiger partial charge in [0.1, 0.15) is 24.3 Å². The number of fused-ring (bicyclic) bond motifs is 1. The Morgan fingerprint density at radius 3 is 2.62 bits per heavy atom. The molecule has 0 spiro atoms. The average molecular weight is 465 g/mol. The fourth-order valence-corrected chi connectivity index (χ4v) is 4.92. The molecule has 0 aliphatic carbocycles. The topological polar surface area (TPSA) is 61.6 Å². The van der Waals surface area contributed by atoms with Gasteiger partial charge in [0.2, 0.25) is 0 Å². The van der Waals surface area contributed by atoms with Crippen LogP contribution in [0.4, 0.5) is 18.9 Å². The van der Waals surface area contributed by atoms with Crippen molar-refractivity contribution < 1.29 is 22.6 Å². The number of hydrogen-bond acceptors (Lipinski definition) is 7. The summed E-state index contributed by atoms with van der Waals surface area (Å²) in [5.74, 6) is 2.11. The number of alkyl halides is 3. The molecule has 2 aromatic rings. The molecular formula is C22H23F3N4O2S. The summed E-state index contributed by atoms with van der Waals surface area (Å²) in [4.78, 5) is 8.71. The van der Waals surface area contributed by atoms with Crippen LogP contribution >= 0.6 is 11.8 Å². The number of hydrogen-bond donors (Lipinski definition) is 0. The zero-order chi connectivity index (χ0) is 22.7. The van der Waals surface area contributed by atoms with E-state index in [1.54, 1.807) is 6.07 Å². The highest BCUT2D eigenvalue weighted by atomic mass is 32.2. The molecule has 1 saturated heterocycles. The fraction of sp³-hybridized carbons (Fsp3) is 0.455. The Hall–Kier alpha value is -2.64. The lowest BCUT2D eigenvalue weighted by Gasteiger charge is -2.37. The third kappa shape index (κ3) is 4.89. The van der Waals surface area contributed by atoms with Gasteiger partial charge in [0.05, 0.1) is 16.8 Å². The summed E-state index contributed by atoms with van der Waals surface area (Å²) >= 11 is 1.20. The summed E-state index contributed by atoms with van der Waals surface area (Å²) in [7, 11) is 0. The van der Waals surface area contributed by atoms with E-state index < -0.39 is 17.3 Å². The third-order valence-corrected chi connectivity index (χ3v) is 6.39. The summed E-state index contributed by atoms with van der Waals surface area (Å²) in [6, 6.07) is 8.52. The van der Waals surface area contributed by atoms with Crippen LogP contribution in [0.15, 0.2) is 29.3 Å². The second-order valence-electron chi connectivity index (χ2n) is 7.58. The number of pyridine rings is 1. The van der Waals surface area contributed by atoms with Crippen LogP contribution in [0.5, 0.6) is 11.5 Å². The van der Waals surface area contributed by atoms with Crippen molar-refractivity contribution in [3.63, 3.8) is 0 Å². The van der Waals surface area contributed by atoms with Crippen molar-refractivity contribution in [2.24, 2.45) is 0 Å². The van der Waals surface area contributed by atoms with Crippen molar-refractivity contribution >= 4 is 17.4 Å². The molecule has 10 heteroatoms. The Balaban J connectivity index is 1.34. The van der Waals surface area contributed by atoms with E-state index in [1.165, 1.54) is 18.7 Å². The quantitative estimate of drug-likeness (QED) is 0.621. The molecule has 6 nitrogen and oxygen atoms in total. The Morgan fingerprint density at radius 2 is 1.91 bits per heavy atom. The van der Waals surface area contributed by atoms with Crippen LogP contribution in [-0.2, 0) is 6.18 Å². The normalized spacial score (nSPS) is 16.7. The standard InChI is InChI=1S/C22H23F3N4O2S/c1-15-13-17(22(23,24)25)16(14-26)21(27-15)32-12-9-28-5-7-29(8-6-28)18-3-2-4-19-20(18)31-11-10-30-19/h2-4,13H,5-12H2,1H3. The van der Waals surface area contributed by atoms with E-state index in [1.807, 2.05) is 18.2 Å². The number of para-hydroxylation sites is 1. The van der Waals surface area contributed by atoms with Crippen LogP contribution in [0.3, 0.4) is 0 Å². The van der Waals surface area contributed by atoms with Crippen LogP contribution in [0, 0.1) is 18.3 Å². The van der Waals surface area contributed by atoms with Gasteiger partial charge in [-0.3, -0.25) is 4.90 Å². The number of ether oxygens (including phenoxy) is 2. The van der Waals surface area contributed by atoms with Crippen molar-refractivity contribution in [2.75, 3.05) is 56.6 Å². The number of rotatable bonds is 5. The Kier molecular flexibility index (Phi) is 6.67. The predicted octanol–water partition coefficient (Wildman–Crippen LogP) is 3.97. The van der Waals surface area contributed by atoms with E-state index in [9.17, 15) is 18.4 Å². The number of aryl methyl sites for hydroxylation is 1. The van der Waals surface area contributed by atoms with E-state index in [0.717, 1.165) is 49.4 Å². The van der Waals surface area contributed by atoms with Gasteiger partial charge in [-0.25, -0.2) is 4.98 Å².